The first kappa shape index (κ1) is 25.7. The predicted molar refractivity (Wildman–Crippen MR) is 115 cm³/mol. The Balaban J connectivity index is 1.98. The van der Waals surface area contributed by atoms with Crippen molar-refractivity contribution in [2.75, 3.05) is 31.2 Å². The highest BCUT2D eigenvalue weighted by Gasteiger charge is 2.71. The number of rotatable bonds is 4. The number of nitriles is 1. The molecule has 5 nitrogen and oxygen atoms in total. The highest BCUT2D eigenvalue weighted by atomic mass is 32.1. The molecule has 182 valence electrons. The van der Waals surface area contributed by atoms with Crippen molar-refractivity contribution in [3.05, 3.63) is 65.2 Å². The molecule has 1 heterocycles. The second kappa shape index (κ2) is 9.77. The maximum Gasteiger partial charge on any atom is 0.430 e. The van der Waals surface area contributed by atoms with Crippen LogP contribution in [0.15, 0.2) is 48.5 Å². The number of aliphatic hydroxyl groups is 1. The number of hydrogen-bond acceptors (Lipinski definition) is 4. The van der Waals surface area contributed by atoms with Crippen molar-refractivity contribution in [1.82, 2.24) is 4.90 Å². The molecule has 0 amide bonds. The molecular weight excluding hydrogens is 484 g/mol. The largest absolute Gasteiger partial charge is 0.430 e. The number of nitrogens with zero attached hydrogens (tertiary/aromatic N) is 3. The number of ether oxygens (including phenoxy) is 1. The first-order chi connectivity index (χ1) is 15.9. The normalized spacial score (nSPS) is 15.1. The van der Waals surface area contributed by atoms with Crippen LogP contribution in [0.25, 0.3) is 0 Å². The summed E-state index contributed by atoms with van der Waals surface area (Å²) in [6.45, 7) is 1.89. The molecule has 0 saturated carbocycles. The number of hydrogen-bond donors (Lipinski definition) is 1. The van der Waals surface area contributed by atoms with Gasteiger partial charge in [-0.05, 0) is 42.0 Å². The third-order valence-electron chi connectivity index (χ3n) is 5.35. The van der Waals surface area contributed by atoms with Crippen molar-refractivity contribution < 1.29 is 36.2 Å². The molecule has 0 bridgehead atoms. The summed E-state index contributed by atoms with van der Waals surface area (Å²) in [4.78, 5) is 3.38. The molecule has 0 atom stereocenters. The lowest BCUT2D eigenvalue weighted by molar-refractivity contribution is -0.376. The van der Waals surface area contributed by atoms with Crippen molar-refractivity contribution in [2.45, 2.75) is 24.5 Å². The van der Waals surface area contributed by atoms with Gasteiger partial charge < -0.3 is 19.6 Å². The fourth-order valence-corrected chi connectivity index (χ4v) is 3.79. The number of thiocarbonyl (C=S) groups is 1. The van der Waals surface area contributed by atoms with Crippen LogP contribution < -0.4 is 4.90 Å². The molecule has 3 rings (SSSR count). The van der Waals surface area contributed by atoms with E-state index in [0.29, 0.717) is 54.7 Å². The molecule has 0 spiro atoms. The van der Waals surface area contributed by atoms with Crippen molar-refractivity contribution in [3.8, 4) is 6.07 Å². The van der Waals surface area contributed by atoms with Crippen molar-refractivity contribution in [2.24, 2.45) is 0 Å². The van der Waals surface area contributed by atoms with E-state index in [1.54, 1.807) is 29.2 Å². The molecule has 34 heavy (non-hydrogen) atoms. The van der Waals surface area contributed by atoms with E-state index in [0.717, 1.165) is 12.1 Å². The van der Waals surface area contributed by atoms with Crippen LogP contribution in [0, 0.1) is 11.3 Å². The van der Waals surface area contributed by atoms with Crippen LogP contribution in [0.3, 0.4) is 0 Å². The minimum absolute atomic E-state index is 0.143. The summed E-state index contributed by atoms with van der Waals surface area (Å²) in [6.07, 6.45) is -11.9. The lowest BCUT2D eigenvalue weighted by Gasteiger charge is -2.36. The number of anilines is 1. The third-order valence-corrected chi connectivity index (χ3v) is 5.83. The molecule has 0 aliphatic carbocycles. The van der Waals surface area contributed by atoms with Crippen LogP contribution in [-0.2, 0) is 16.9 Å². The summed E-state index contributed by atoms with van der Waals surface area (Å²) < 4.78 is 84.6. The van der Waals surface area contributed by atoms with Gasteiger partial charge >= 0.3 is 12.4 Å². The van der Waals surface area contributed by atoms with Gasteiger partial charge in [-0.3, -0.25) is 0 Å². The number of alkyl halides is 6. The van der Waals surface area contributed by atoms with Crippen molar-refractivity contribution in [3.63, 3.8) is 0 Å². The maximum absolute atomic E-state index is 13.2. The smallest absolute Gasteiger partial charge is 0.378 e. The topological polar surface area (TPSA) is 59.7 Å². The van der Waals surface area contributed by atoms with Gasteiger partial charge in [-0.25, -0.2) is 0 Å². The second-order valence-electron chi connectivity index (χ2n) is 7.53. The Hall–Kier alpha value is -2.88. The Labute approximate surface area is 196 Å². The van der Waals surface area contributed by atoms with Gasteiger partial charge in [-0.2, -0.15) is 31.6 Å². The zero-order valence-electron chi connectivity index (χ0n) is 17.5. The number of morpholine rings is 1. The van der Waals surface area contributed by atoms with E-state index in [1.807, 2.05) is 11.0 Å². The zero-order valence-corrected chi connectivity index (χ0v) is 18.3. The standard InChI is InChI=1S/C22H19F6N3O2S/c23-21(24,25)20(32,22(26,27)28)17-5-7-18(8-6-17)31(19(34)30-9-11-33-12-10-30)14-16-3-1-15(13-29)2-4-16/h1-8,32H,9-12,14H2. The molecule has 0 radical (unpaired) electrons. The summed E-state index contributed by atoms with van der Waals surface area (Å²) in [6, 6.07) is 11.8. The molecule has 2 aromatic carbocycles. The van der Waals surface area contributed by atoms with Gasteiger partial charge in [0.2, 0.25) is 0 Å². The van der Waals surface area contributed by atoms with Gasteiger partial charge in [-0.15, -0.1) is 0 Å². The van der Waals surface area contributed by atoms with E-state index < -0.39 is 23.5 Å². The second-order valence-corrected chi connectivity index (χ2v) is 7.89. The van der Waals surface area contributed by atoms with E-state index in [9.17, 15) is 31.4 Å². The van der Waals surface area contributed by atoms with Crippen LogP contribution >= 0.6 is 12.2 Å². The van der Waals surface area contributed by atoms with E-state index in [-0.39, 0.29) is 12.2 Å². The van der Waals surface area contributed by atoms with Crippen molar-refractivity contribution in [1.29, 1.82) is 5.26 Å². The van der Waals surface area contributed by atoms with E-state index in [2.05, 4.69) is 0 Å². The minimum atomic E-state index is -5.97. The molecular formula is C22H19F6N3O2S. The van der Waals surface area contributed by atoms with E-state index >= 15 is 0 Å². The van der Waals surface area contributed by atoms with Crippen LogP contribution in [0.1, 0.15) is 16.7 Å². The fourth-order valence-electron chi connectivity index (χ4n) is 3.43. The molecule has 1 saturated heterocycles. The van der Waals surface area contributed by atoms with Crippen LogP contribution in [-0.4, -0.2) is 53.8 Å². The zero-order chi connectivity index (χ0) is 25.1. The van der Waals surface area contributed by atoms with Crippen LogP contribution in [0.2, 0.25) is 0 Å². The van der Waals surface area contributed by atoms with Gasteiger partial charge in [0.25, 0.3) is 5.60 Å². The summed E-state index contributed by atoms with van der Waals surface area (Å²) >= 11 is 5.58. The van der Waals surface area contributed by atoms with Gasteiger partial charge in [0, 0.05) is 24.3 Å². The Morgan fingerprint density at radius 3 is 1.97 bits per heavy atom. The first-order valence-electron chi connectivity index (χ1n) is 9.98. The molecule has 12 heteroatoms. The van der Waals surface area contributed by atoms with E-state index in [4.69, 9.17) is 22.2 Å². The highest BCUT2D eigenvalue weighted by molar-refractivity contribution is 7.80. The monoisotopic (exact) mass is 503 g/mol. The average molecular weight is 503 g/mol. The van der Waals surface area contributed by atoms with Gasteiger partial charge in [0.1, 0.15) is 0 Å². The lowest BCUT2D eigenvalue weighted by atomic mass is 9.92. The summed E-state index contributed by atoms with van der Waals surface area (Å²) in [5, 5.41) is 18.9. The van der Waals surface area contributed by atoms with Crippen LogP contribution in [0.5, 0.6) is 0 Å². The Kier molecular flexibility index (Phi) is 7.40. The SMILES string of the molecule is N#Cc1ccc(CN(C(=S)N2CCOCC2)c2ccc(C(O)(C(F)(F)F)C(F)(F)F)cc2)cc1. The Bertz CT molecular complexity index is 1030. The average Bonchev–Trinajstić information content (AvgIpc) is 2.81. The quantitative estimate of drug-likeness (QED) is 0.490. The summed E-state index contributed by atoms with van der Waals surface area (Å²) in [7, 11) is 0. The molecule has 0 unspecified atom stereocenters. The highest BCUT2D eigenvalue weighted by Crippen LogP contribution is 2.50. The summed E-state index contributed by atoms with van der Waals surface area (Å²) in [5.41, 5.74) is -5.00. The fraction of sp³-hybridized carbons (Fsp3) is 0.364. The molecule has 1 aliphatic heterocycles. The van der Waals surface area contributed by atoms with Crippen LogP contribution in [0.4, 0.5) is 32.0 Å². The number of halogens is 6. The first-order valence-corrected chi connectivity index (χ1v) is 10.4. The Morgan fingerprint density at radius 2 is 1.50 bits per heavy atom. The molecule has 2 aromatic rings. The number of benzene rings is 2. The third kappa shape index (κ3) is 5.11. The Morgan fingerprint density at radius 1 is 0.971 bits per heavy atom. The maximum atomic E-state index is 13.2. The predicted octanol–water partition coefficient (Wildman–Crippen LogP) is 4.49. The molecule has 1 fully saturated rings. The van der Waals surface area contributed by atoms with E-state index in [1.165, 1.54) is 0 Å². The van der Waals surface area contributed by atoms with Gasteiger partial charge in [0.15, 0.2) is 5.11 Å². The lowest BCUT2D eigenvalue weighted by Crippen LogP contribution is -2.53. The summed E-state index contributed by atoms with van der Waals surface area (Å²) in [5.74, 6) is 0. The van der Waals surface area contributed by atoms with Gasteiger partial charge in [0.05, 0.1) is 31.4 Å². The molecule has 0 aromatic heterocycles. The van der Waals surface area contributed by atoms with Gasteiger partial charge in [-0.1, -0.05) is 24.3 Å². The van der Waals surface area contributed by atoms with Crippen molar-refractivity contribution >= 4 is 23.0 Å². The minimum Gasteiger partial charge on any atom is -0.378 e. The molecule has 1 N–H and O–H groups in total. The molecule has 1 aliphatic rings.